The number of amides is 1. The van der Waals surface area contributed by atoms with Crippen LogP contribution >= 0.6 is 0 Å². The predicted octanol–water partition coefficient (Wildman–Crippen LogP) is 3.21. The SMILES string of the molecule is CC1CCC(NC(=O)COC(=O)c2ccc(OS(=O)(=O)c3cccc([N+](=O)[O-])c3)cc2)CC1. The van der Waals surface area contributed by atoms with Gasteiger partial charge in [0.15, 0.2) is 6.61 Å². The van der Waals surface area contributed by atoms with Gasteiger partial charge in [-0.25, -0.2) is 4.79 Å². The number of hydrogen-bond acceptors (Lipinski definition) is 8. The summed E-state index contributed by atoms with van der Waals surface area (Å²) in [6.07, 6.45) is 3.91. The molecule has 1 N–H and O–H groups in total. The van der Waals surface area contributed by atoms with Crippen LogP contribution in [0.4, 0.5) is 5.69 Å². The van der Waals surface area contributed by atoms with Crippen LogP contribution < -0.4 is 9.50 Å². The summed E-state index contributed by atoms with van der Waals surface area (Å²) in [6, 6.07) is 9.63. The number of hydrogen-bond donors (Lipinski definition) is 1. The molecule has 3 rings (SSSR count). The van der Waals surface area contributed by atoms with Gasteiger partial charge in [-0.1, -0.05) is 13.0 Å². The number of nitro benzene ring substituents is 1. The fourth-order valence-electron chi connectivity index (χ4n) is 3.46. The quantitative estimate of drug-likeness (QED) is 0.265. The molecule has 0 bridgehead atoms. The van der Waals surface area contributed by atoms with E-state index in [1.54, 1.807) is 0 Å². The Morgan fingerprint density at radius 2 is 1.76 bits per heavy atom. The van der Waals surface area contributed by atoms with Crippen LogP contribution in [0.15, 0.2) is 53.4 Å². The van der Waals surface area contributed by atoms with Crippen molar-refractivity contribution < 1.29 is 31.9 Å². The standard InChI is InChI=1S/C22H24N2O8S/c1-15-5-9-17(10-6-15)23-21(25)14-31-22(26)16-7-11-19(12-8-16)32-33(29,30)20-4-2-3-18(13-20)24(27)28/h2-4,7-8,11-13,15,17H,5-6,9-10,14H2,1H3,(H,23,25). The maximum Gasteiger partial charge on any atom is 0.339 e. The van der Waals surface area contributed by atoms with Crippen LogP contribution in [0.2, 0.25) is 0 Å². The second-order valence-electron chi connectivity index (χ2n) is 7.92. The van der Waals surface area contributed by atoms with E-state index in [0.717, 1.165) is 37.8 Å². The Labute approximate surface area is 191 Å². The van der Waals surface area contributed by atoms with Gasteiger partial charge in [-0.3, -0.25) is 14.9 Å². The van der Waals surface area contributed by atoms with Crippen molar-refractivity contribution in [2.24, 2.45) is 5.92 Å². The number of non-ortho nitro benzene ring substituents is 1. The van der Waals surface area contributed by atoms with Crippen molar-refractivity contribution in [2.75, 3.05) is 6.61 Å². The maximum absolute atomic E-state index is 12.4. The van der Waals surface area contributed by atoms with Gasteiger partial charge in [0, 0.05) is 18.2 Å². The highest BCUT2D eigenvalue weighted by atomic mass is 32.2. The molecule has 0 aliphatic heterocycles. The molecule has 1 fully saturated rings. The molecule has 1 aliphatic rings. The lowest BCUT2D eigenvalue weighted by molar-refractivity contribution is -0.385. The van der Waals surface area contributed by atoms with Crippen molar-refractivity contribution in [1.29, 1.82) is 0 Å². The molecule has 1 aliphatic carbocycles. The molecule has 2 aromatic carbocycles. The predicted molar refractivity (Wildman–Crippen MR) is 117 cm³/mol. The first-order valence-electron chi connectivity index (χ1n) is 10.4. The first-order chi connectivity index (χ1) is 15.6. The highest BCUT2D eigenvalue weighted by molar-refractivity contribution is 7.87. The summed E-state index contributed by atoms with van der Waals surface area (Å²) in [5.74, 6) is -0.548. The first kappa shape index (κ1) is 24.2. The molecule has 11 heteroatoms. The molecule has 0 atom stereocenters. The number of esters is 1. The molecule has 33 heavy (non-hydrogen) atoms. The van der Waals surface area contributed by atoms with Gasteiger partial charge >= 0.3 is 16.1 Å². The Balaban J connectivity index is 1.54. The van der Waals surface area contributed by atoms with Gasteiger partial charge in [0.1, 0.15) is 10.6 Å². The van der Waals surface area contributed by atoms with Crippen molar-refractivity contribution >= 4 is 27.7 Å². The zero-order valence-electron chi connectivity index (χ0n) is 17.9. The Kier molecular flexibility index (Phi) is 7.64. The molecule has 2 aromatic rings. The second-order valence-corrected chi connectivity index (χ2v) is 9.46. The van der Waals surface area contributed by atoms with Gasteiger partial charge in [-0.15, -0.1) is 0 Å². The monoisotopic (exact) mass is 476 g/mol. The molecule has 1 saturated carbocycles. The fraction of sp³-hybridized carbons (Fsp3) is 0.364. The third-order valence-corrected chi connectivity index (χ3v) is 6.57. The Bertz CT molecular complexity index is 1120. The lowest BCUT2D eigenvalue weighted by Gasteiger charge is -2.26. The molecule has 0 heterocycles. The number of rotatable bonds is 8. The van der Waals surface area contributed by atoms with E-state index in [1.807, 2.05) is 0 Å². The highest BCUT2D eigenvalue weighted by Crippen LogP contribution is 2.24. The number of carbonyl (C=O) groups is 2. The maximum atomic E-state index is 12.4. The number of nitrogens with one attached hydrogen (secondary N) is 1. The number of carbonyl (C=O) groups excluding carboxylic acids is 2. The van der Waals surface area contributed by atoms with Crippen LogP contribution in [0.3, 0.4) is 0 Å². The average Bonchev–Trinajstić information content (AvgIpc) is 2.79. The van der Waals surface area contributed by atoms with Gasteiger partial charge < -0.3 is 14.2 Å². The van der Waals surface area contributed by atoms with Crippen LogP contribution in [0.1, 0.15) is 43.0 Å². The van der Waals surface area contributed by atoms with Crippen molar-refractivity contribution in [2.45, 2.75) is 43.5 Å². The van der Waals surface area contributed by atoms with Crippen molar-refractivity contribution in [3.63, 3.8) is 0 Å². The largest absolute Gasteiger partial charge is 0.452 e. The number of ether oxygens (including phenoxy) is 1. The zero-order valence-corrected chi connectivity index (χ0v) is 18.7. The van der Waals surface area contributed by atoms with Gasteiger partial charge in [0.05, 0.1) is 10.5 Å². The lowest BCUT2D eigenvalue weighted by Crippen LogP contribution is -2.39. The molecule has 176 valence electrons. The second kappa shape index (κ2) is 10.4. The topological polar surface area (TPSA) is 142 Å². The minimum atomic E-state index is -4.32. The molecule has 1 amide bonds. The average molecular weight is 477 g/mol. The molecule has 0 saturated heterocycles. The summed E-state index contributed by atoms with van der Waals surface area (Å²) in [5.41, 5.74) is -0.283. The third kappa shape index (κ3) is 6.75. The minimum Gasteiger partial charge on any atom is -0.452 e. The normalized spacial score (nSPS) is 18.2. The van der Waals surface area contributed by atoms with Gasteiger partial charge in [-0.05, 0) is 61.9 Å². The van der Waals surface area contributed by atoms with Crippen LogP contribution in [-0.4, -0.2) is 37.9 Å². The van der Waals surface area contributed by atoms with E-state index in [-0.39, 0.29) is 33.8 Å². The van der Waals surface area contributed by atoms with E-state index in [1.165, 1.54) is 36.4 Å². The van der Waals surface area contributed by atoms with E-state index in [4.69, 9.17) is 8.92 Å². The summed E-state index contributed by atoms with van der Waals surface area (Å²) in [7, 11) is -4.32. The van der Waals surface area contributed by atoms with Crippen LogP contribution in [-0.2, 0) is 19.6 Å². The van der Waals surface area contributed by atoms with Crippen molar-refractivity contribution in [3.05, 3.63) is 64.2 Å². The number of nitrogens with zero attached hydrogens (tertiary/aromatic N) is 1. The zero-order chi connectivity index (χ0) is 24.0. The van der Waals surface area contributed by atoms with E-state index >= 15 is 0 Å². The fourth-order valence-corrected chi connectivity index (χ4v) is 4.43. The third-order valence-electron chi connectivity index (χ3n) is 5.33. The Morgan fingerprint density at radius 1 is 1.09 bits per heavy atom. The van der Waals surface area contributed by atoms with Gasteiger partial charge in [0.25, 0.3) is 11.6 Å². The van der Waals surface area contributed by atoms with E-state index in [0.29, 0.717) is 5.92 Å². The summed E-state index contributed by atoms with van der Waals surface area (Å²) in [4.78, 5) is 34.0. The minimum absolute atomic E-state index is 0.0943. The molecular formula is C22H24N2O8S. The smallest absolute Gasteiger partial charge is 0.339 e. The molecule has 0 aromatic heterocycles. The van der Waals surface area contributed by atoms with Gasteiger partial charge in [-0.2, -0.15) is 8.42 Å². The summed E-state index contributed by atoms with van der Waals surface area (Å²) in [6.45, 7) is 1.77. The first-order valence-corrected chi connectivity index (χ1v) is 11.8. The molecule has 0 spiro atoms. The lowest BCUT2D eigenvalue weighted by atomic mass is 9.87. The van der Waals surface area contributed by atoms with Crippen LogP contribution in [0, 0.1) is 16.0 Å². The number of benzene rings is 2. The van der Waals surface area contributed by atoms with E-state index in [9.17, 15) is 28.1 Å². The van der Waals surface area contributed by atoms with Crippen LogP contribution in [0.25, 0.3) is 0 Å². The summed E-state index contributed by atoms with van der Waals surface area (Å²) >= 11 is 0. The van der Waals surface area contributed by atoms with Crippen molar-refractivity contribution in [3.8, 4) is 5.75 Å². The molecule has 10 nitrogen and oxygen atoms in total. The van der Waals surface area contributed by atoms with E-state index < -0.39 is 27.6 Å². The van der Waals surface area contributed by atoms with Gasteiger partial charge in [0.2, 0.25) is 0 Å². The van der Waals surface area contributed by atoms with E-state index in [2.05, 4.69) is 12.2 Å². The Morgan fingerprint density at radius 3 is 2.39 bits per heavy atom. The molecular weight excluding hydrogens is 452 g/mol. The number of nitro groups is 1. The highest BCUT2D eigenvalue weighted by Gasteiger charge is 2.22. The summed E-state index contributed by atoms with van der Waals surface area (Å²) in [5, 5.41) is 13.7. The van der Waals surface area contributed by atoms with Crippen LogP contribution in [0.5, 0.6) is 5.75 Å². The molecule has 0 radical (unpaired) electrons. The van der Waals surface area contributed by atoms with Crippen molar-refractivity contribution in [1.82, 2.24) is 5.32 Å². The summed E-state index contributed by atoms with van der Waals surface area (Å²) < 4.78 is 34.8. The Hall–Kier alpha value is -3.47. The molecule has 0 unspecified atom stereocenters.